The minimum Gasteiger partial charge on any atom is -0.497 e. The van der Waals surface area contributed by atoms with Crippen molar-refractivity contribution in [2.75, 3.05) is 27.3 Å². The predicted molar refractivity (Wildman–Crippen MR) is 96.7 cm³/mol. The van der Waals surface area contributed by atoms with Gasteiger partial charge in [-0.2, -0.15) is 0 Å². The van der Waals surface area contributed by atoms with Gasteiger partial charge in [0.1, 0.15) is 23.8 Å². The molecule has 7 heteroatoms. The zero-order chi connectivity index (χ0) is 18.8. The van der Waals surface area contributed by atoms with Gasteiger partial charge in [-0.1, -0.05) is 18.2 Å². The largest absolute Gasteiger partial charge is 0.497 e. The molecule has 2 amide bonds. The number of carbonyl (C=O) groups excluding carboxylic acids is 2. The number of rotatable bonds is 8. The summed E-state index contributed by atoms with van der Waals surface area (Å²) in [6.45, 7) is 0.235. The lowest BCUT2D eigenvalue weighted by atomic mass is 10.1. The second-order valence-electron chi connectivity index (χ2n) is 5.33. The Morgan fingerprint density at radius 1 is 0.923 bits per heavy atom. The van der Waals surface area contributed by atoms with Gasteiger partial charge in [0.05, 0.1) is 14.2 Å². The van der Waals surface area contributed by atoms with Crippen molar-refractivity contribution in [1.29, 1.82) is 0 Å². The normalized spacial score (nSPS) is 9.92. The molecule has 0 radical (unpaired) electrons. The van der Waals surface area contributed by atoms with Crippen LogP contribution in [-0.4, -0.2) is 39.3 Å². The van der Waals surface area contributed by atoms with Gasteiger partial charge in [-0.25, -0.2) is 4.79 Å². The third-order valence-electron chi connectivity index (χ3n) is 3.55. The minimum absolute atomic E-state index is 0.166. The number of hydrogen-bond acceptors (Lipinski definition) is 5. The molecule has 0 saturated carbocycles. The van der Waals surface area contributed by atoms with E-state index in [2.05, 4.69) is 10.6 Å². The van der Waals surface area contributed by atoms with Crippen LogP contribution in [0.4, 0.5) is 4.79 Å². The summed E-state index contributed by atoms with van der Waals surface area (Å²) < 4.78 is 15.5. The van der Waals surface area contributed by atoms with Gasteiger partial charge < -0.3 is 24.8 Å². The maximum absolute atomic E-state index is 11.8. The van der Waals surface area contributed by atoms with Crippen LogP contribution >= 0.6 is 0 Å². The third-order valence-corrected chi connectivity index (χ3v) is 3.55. The van der Waals surface area contributed by atoms with Gasteiger partial charge in [-0.3, -0.25) is 4.79 Å². The molecule has 2 aromatic carbocycles. The van der Waals surface area contributed by atoms with E-state index in [1.165, 1.54) is 0 Å². The summed E-state index contributed by atoms with van der Waals surface area (Å²) >= 11 is 0. The van der Waals surface area contributed by atoms with Crippen LogP contribution in [0.2, 0.25) is 0 Å². The highest BCUT2D eigenvalue weighted by molar-refractivity contribution is 5.82. The highest BCUT2D eigenvalue weighted by Gasteiger charge is 2.09. The number of benzene rings is 2. The molecule has 2 N–H and O–H groups in total. The summed E-state index contributed by atoms with van der Waals surface area (Å²) in [6.07, 6.45) is -0.110. The molecule has 0 spiro atoms. The Morgan fingerprint density at radius 3 is 2.38 bits per heavy atom. The van der Waals surface area contributed by atoms with E-state index in [0.717, 1.165) is 17.1 Å². The van der Waals surface area contributed by atoms with Gasteiger partial charge in [0.2, 0.25) is 5.91 Å². The van der Waals surface area contributed by atoms with Gasteiger partial charge in [0.25, 0.3) is 0 Å². The quantitative estimate of drug-likeness (QED) is 0.755. The van der Waals surface area contributed by atoms with Gasteiger partial charge in [0.15, 0.2) is 0 Å². The molecule has 2 aromatic rings. The summed E-state index contributed by atoms with van der Waals surface area (Å²) in [6, 6.07) is 14.1. The maximum atomic E-state index is 11.8. The summed E-state index contributed by atoms with van der Waals surface area (Å²) in [5.41, 5.74) is 0.920. The topological polar surface area (TPSA) is 85.9 Å². The molecule has 0 aliphatic carbocycles. The summed E-state index contributed by atoms with van der Waals surface area (Å²) in [5, 5.41) is 5.14. The van der Waals surface area contributed by atoms with Crippen LogP contribution in [0.5, 0.6) is 17.2 Å². The lowest BCUT2D eigenvalue weighted by Gasteiger charge is -2.11. The third kappa shape index (κ3) is 6.01. The van der Waals surface area contributed by atoms with E-state index in [1.54, 1.807) is 38.5 Å². The van der Waals surface area contributed by atoms with Crippen molar-refractivity contribution < 1.29 is 23.8 Å². The first-order valence-corrected chi connectivity index (χ1v) is 8.10. The summed E-state index contributed by atoms with van der Waals surface area (Å²) in [7, 11) is 3.18. The van der Waals surface area contributed by atoms with Crippen LogP contribution in [0, 0.1) is 0 Å². The Kier molecular flexibility index (Phi) is 7.30. The number of amides is 2. The molecule has 0 aliphatic heterocycles. The van der Waals surface area contributed by atoms with Crippen LogP contribution in [0.3, 0.4) is 0 Å². The van der Waals surface area contributed by atoms with Crippen LogP contribution in [0.25, 0.3) is 0 Å². The van der Waals surface area contributed by atoms with Crippen LogP contribution in [0.15, 0.2) is 48.5 Å². The molecule has 0 aliphatic rings. The average Bonchev–Trinajstić information content (AvgIpc) is 2.67. The van der Waals surface area contributed by atoms with Crippen molar-refractivity contribution in [2.24, 2.45) is 0 Å². The Hall–Kier alpha value is -3.22. The fraction of sp³-hybridized carbons (Fsp3) is 0.263. The van der Waals surface area contributed by atoms with E-state index in [-0.39, 0.29) is 12.5 Å². The molecule has 2 rings (SSSR count). The van der Waals surface area contributed by atoms with Crippen molar-refractivity contribution in [3.63, 3.8) is 0 Å². The second-order valence-corrected chi connectivity index (χ2v) is 5.33. The molecule has 0 bridgehead atoms. The molecule has 0 aromatic heterocycles. The fourth-order valence-corrected chi connectivity index (χ4v) is 2.26. The molecule has 0 heterocycles. The maximum Gasteiger partial charge on any atom is 0.413 e. The summed E-state index contributed by atoms with van der Waals surface area (Å²) in [4.78, 5) is 23.5. The van der Waals surface area contributed by atoms with Crippen LogP contribution in [-0.2, 0) is 11.2 Å². The number of para-hydroxylation sites is 1. The molecule has 0 saturated heterocycles. The highest BCUT2D eigenvalue weighted by Crippen LogP contribution is 2.24. The first-order valence-electron chi connectivity index (χ1n) is 8.10. The molecule has 7 nitrogen and oxygen atoms in total. The lowest BCUT2D eigenvalue weighted by molar-refractivity contribution is -0.120. The molecular formula is C19H22N2O5. The van der Waals surface area contributed by atoms with E-state index in [1.807, 2.05) is 24.3 Å². The second kappa shape index (κ2) is 9.93. The standard InChI is InChI=1S/C19H22N2O5/c1-24-16-8-9-17(25-2)14(12-16)10-11-20-18(22)13-21-19(23)26-15-6-4-3-5-7-15/h3-9,12H,10-11,13H2,1-2H3,(H,20,22)(H,21,23). The molecule has 138 valence electrons. The average molecular weight is 358 g/mol. The van der Waals surface area contributed by atoms with E-state index < -0.39 is 6.09 Å². The molecule has 26 heavy (non-hydrogen) atoms. The molecule has 0 atom stereocenters. The van der Waals surface area contributed by atoms with Crippen LogP contribution < -0.4 is 24.8 Å². The number of methoxy groups -OCH3 is 2. The fourth-order valence-electron chi connectivity index (χ4n) is 2.26. The highest BCUT2D eigenvalue weighted by atomic mass is 16.6. The van der Waals surface area contributed by atoms with E-state index in [0.29, 0.717) is 18.7 Å². The van der Waals surface area contributed by atoms with Gasteiger partial charge in [0, 0.05) is 6.54 Å². The molecular weight excluding hydrogens is 336 g/mol. The zero-order valence-electron chi connectivity index (χ0n) is 14.8. The van der Waals surface area contributed by atoms with Crippen molar-refractivity contribution in [3.8, 4) is 17.2 Å². The first kappa shape index (κ1) is 19.1. The SMILES string of the molecule is COc1ccc(OC)c(CCNC(=O)CNC(=O)Oc2ccccc2)c1. The van der Waals surface area contributed by atoms with Crippen molar-refractivity contribution >= 4 is 12.0 Å². The lowest BCUT2D eigenvalue weighted by Crippen LogP contribution is -2.38. The van der Waals surface area contributed by atoms with E-state index in [9.17, 15) is 9.59 Å². The zero-order valence-corrected chi connectivity index (χ0v) is 14.8. The number of hydrogen-bond donors (Lipinski definition) is 2. The summed E-state index contributed by atoms with van der Waals surface area (Å²) in [5.74, 6) is 1.55. The monoisotopic (exact) mass is 358 g/mol. The van der Waals surface area contributed by atoms with Crippen LogP contribution in [0.1, 0.15) is 5.56 Å². The van der Waals surface area contributed by atoms with Crippen molar-refractivity contribution in [2.45, 2.75) is 6.42 Å². The minimum atomic E-state index is -0.680. The predicted octanol–water partition coefficient (Wildman–Crippen LogP) is 2.15. The van der Waals surface area contributed by atoms with Crippen molar-refractivity contribution in [3.05, 3.63) is 54.1 Å². The van der Waals surface area contributed by atoms with Crippen molar-refractivity contribution in [1.82, 2.24) is 10.6 Å². The Bertz CT molecular complexity index is 734. The molecule has 0 unspecified atom stereocenters. The van der Waals surface area contributed by atoms with Gasteiger partial charge in [-0.15, -0.1) is 0 Å². The number of carbonyl (C=O) groups is 2. The van der Waals surface area contributed by atoms with Gasteiger partial charge >= 0.3 is 6.09 Å². The Labute approximate surface area is 152 Å². The first-order chi connectivity index (χ1) is 12.6. The van der Waals surface area contributed by atoms with E-state index in [4.69, 9.17) is 14.2 Å². The molecule has 0 fully saturated rings. The number of nitrogens with one attached hydrogen (secondary N) is 2. The smallest absolute Gasteiger partial charge is 0.413 e. The number of ether oxygens (including phenoxy) is 3. The van der Waals surface area contributed by atoms with Gasteiger partial charge in [-0.05, 0) is 42.3 Å². The Balaban J connectivity index is 1.73. The Morgan fingerprint density at radius 2 is 1.69 bits per heavy atom. The van der Waals surface area contributed by atoms with E-state index >= 15 is 0 Å².